The van der Waals surface area contributed by atoms with E-state index in [4.69, 9.17) is 11.6 Å². The molecule has 5 heteroatoms. The Bertz CT molecular complexity index is 1040. The number of hydrogen-bond donors (Lipinski definition) is 0. The minimum atomic E-state index is 0.0635. The predicted molar refractivity (Wildman–Crippen MR) is 98.5 cm³/mol. The molecule has 1 aromatic heterocycles. The molecule has 0 saturated carbocycles. The second-order valence-corrected chi connectivity index (χ2v) is 6.35. The van der Waals surface area contributed by atoms with Crippen LogP contribution < -0.4 is 4.90 Å². The highest BCUT2D eigenvalue weighted by Crippen LogP contribution is 2.42. The molecule has 4 nitrogen and oxygen atoms in total. The van der Waals surface area contributed by atoms with Crippen molar-refractivity contribution in [2.24, 2.45) is 0 Å². The molecule has 1 aliphatic rings. The topological polar surface area (TPSA) is 57.0 Å². The molecule has 4 rings (SSSR count). The molecular formula is C20H14ClN3O. The van der Waals surface area contributed by atoms with Crippen molar-refractivity contribution in [1.29, 1.82) is 5.26 Å². The highest BCUT2D eigenvalue weighted by atomic mass is 35.5. The van der Waals surface area contributed by atoms with Gasteiger partial charge >= 0.3 is 0 Å². The van der Waals surface area contributed by atoms with E-state index < -0.39 is 0 Å². The van der Waals surface area contributed by atoms with Gasteiger partial charge in [0.05, 0.1) is 11.2 Å². The van der Waals surface area contributed by atoms with Gasteiger partial charge in [-0.3, -0.25) is 4.79 Å². The molecule has 0 spiro atoms. The maximum Gasteiger partial charge on any atom is 0.227 e. The molecule has 0 N–H and O–H groups in total. The lowest BCUT2D eigenvalue weighted by molar-refractivity contribution is -0.117. The summed E-state index contributed by atoms with van der Waals surface area (Å²) >= 11 is 6.41. The zero-order valence-corrected chi connectivity index (χ0v) is 14.1. The fraction of sp³-hybridized carbons (Fsp3) is 0.150. The summed E-state index contributed by atoms with van der Waals surface area (Å²) < 4.78 is 0. The van der Waals surface area contributed by atoms with E-state index in [1.807, 2.05) is 42.5 Å². The van der Waals surface area contributed by atoms with E-state index in [1.165, 1.54) is 0 Å². The van der Waals surface area contributed by atoms with Crippen molar-refractivity contribution in [3.05, 3.63) is 59.2 Å². The van der Waals surface area contributed by atoms with Gasteiger partial charge in [0.2, 0.25) is 5.91 Å². The summed E-state index contributed by atoms with van der Waals surface area (Å²) in [6.45, 7) is 0.634. The normalized spacial score (nSPS) is 14.1. The fourth-order valence-electron chi connectivity index (χ4n) is 3.36. The predicted octanol–water partition coefficient (Wildman–Crippen LogP) is 4.55. The van der Waals surface area contributed by atoms with Gasteiger partial charge in [0.25, 0.3) is 0 Å². The van der Waals surface area contributed by atoms with Crippen LogP contribution in [0.25, 0.3) is 22.0 Å². The van der Waals surface area contributed by atoms with Crippen molar-refractivity contribution in [3.8, 4) is 17.2 Å². The van der Waals surface area contributed by atoms with Gasteiger partial charge < -0.3 is 4.90 Å². The Kier molecular flexibility index (Phi) is 3.87. The van der Waals surface area contributed by atoms with E-state index in [2.05, 4.69) is 11.1 Å². The lowest BCUT2D eigenvalue weighted by Gasteiger charge is -2.23. The van der Waals surface area contributed by atoms with E-state index in [0.29, 0.717) is 34.6 Å². The number of hydrogen-bond acceptors (Lipinski definition) is 3. The highest BCUT2D eigenvalue weighted by molar-refractivity contribution is 6.34. The van der Waals surface area contributed by atoms with Crippen molar-refractivity contribution >= 4 is 34.1 Å². The third-order valence-electron chi connectivity index (χ3n) is 4.46. The van der Waals surface area contributed by atoms with Gasteiger partial charge in [-0.2, -0.15) is 5.26 Å². The third-order valence-corrected chi connectivity index (χ3v) is 4.79. The number of aromatic nitrogens is 1. The summed E-state index contributed by atoms with van der Waals surface area (Å²) in [5, 5.41) is 11.1. The summed E-state index contributed by atoms with van der Waals surface area (Å²) in [5.41, 5.74) is 3.06. The van der Waals surface area contributed by atoms with Crippen molar-refractivity contribution in [3.63, 3.8) is 0 Å². The van der Waals surface area contributed by atoms with Crippen molar-refractivity contribution in [2.45, 2.75) is 12.8 Å². The Hall–Kier alpha value is -2.90. The molecule has 2 heterocycles. The van der Waals surface area contributed by atoms with Crippen molar-refractivity contribution < 1.29 is 4.79 Å². The smallest absolute Gasteiger partial charge is 0.227 e. The van der Waals surface area contributed by atoms with Crippen LogP contribution in [0.1, 0.15) is 18.5 Å². The monoisotopic (exact) mass is 347 g/mol. The standard InChI is InChI=1S/C20H14ClN3O/c21-15-8-3-1-6-13(15)19-17(12-22)23-16-9-4-2-7-14(16)20(19)24-11-5-10-18(24)25/h1-4,6-9H,5,10-11H2. The van der Waals surface area contributed by atoms with Crippen molar-refractivity contribution in [1.82, 2.24) is 4.98 Å². The summed E-state index contributed by atoms with van der Waals surface area (Å²) in [5.74, 6) is 0.0635. The molecule has 3 aromatic rings. The number of benzene rings is 2. The molecule has 25 heavy (non-hydrogen) atoms. The number of anilines is 1. The molecule has 0 aliphatic carbocycles. The van der Waals surface area contributed by atoms with Crippen LogP contribution in [0, 0.1) is 11.3 Å². The summed E-state index contributed by atoms with van der Waals surface area (Å²) in [6.07, 6.45) is 1.32. The Morgan fingerprint density at radius 1 is 1.12 bits per heavy atom. The van der Waals surface area contributed by atoms with Gasteiger partial charge in [0.1, 0.15) is 6.07 Å². The molecule has 0 unspecified atom stereocenters. The average Bonchev–Trinajstić information content (AvgIpc) is 3.06. The van der Waals surface area contributed by atoms with Gasteiger partial charge in [0, 0.05) is 34.5 Å². The molecule has 1 aliphatic heterocycles. The van der Waals surface area contributed by atoms with Gasteiger partial charge in [-0.25, -0.2) is 4.98 Å². The lowest BCUT2D eigenvalue weighted by atomic mass is 9.98. The minimum absolute atomic E-state index is 0.0635. The maximum atomic E-state index is 12.5. The second-order valence-electron chi connectivity index (χ2n) is 5.94. The quantitative estimate of drug-likeness (QED) is 0.683. The average molecular weight is 348 g/mol. The van der Waals surface area contributed by atoms with Crippen LogP contribution in [0.4, 0.5) is 5.69 Å². The Labute approximate surface area is 150 Å². The largest absolute Gasteiger partial charge is 0.311 e. The summed E-state index contributed by atoms with van der Waals surface area (Å²) in [7, 11) is 0. The Balaban J connectivity index is 2.15. The van der Waals surface area contributed by atoms with Gasteiger partial charge in [0.15, 0.2) is 5.69 Å². The van der Waals surface area contributed by atoms with Crippen LogP contribution in [0.2, 0.25) is 5.02 Å². The lowest BCUT2D eigenvalue weighted by Crippen LogP contribution is -2.25. The number of para-hydroxylation sites is 1. The van der Waals surface area contributed by atoms with E-state index in [-0.39, 0.29) is 11.6 Å². The van der Waals surface area contributed by atoms with Gasteiger partial charge in [-0.05, 0) is 18.6 Å². The molecule has 0 bridgehead atoms. The van der Waals surface area contributed by atoms with Crippen LogP contribution in [0.15, 0.2) is 48.5 Å². The van der Waals surface area contributed by atoms with E-state index in [9.17, 15) is 10.1 Å². The molecule has 1 fully saturated rings. The number of nitrogens with zero attached hydrogens (tertiary/aromatic N) is 3. The maximum absolute atomic E-state index is 12.5. The molecule has 0 atom stereocenters. The van der Waals surface area contributed by atoms with Crippen LogP contribution >= 0.6 is 11.6 Å². The van der Waals surface area contributed by atoms with Crippen molar-refractivity contribution in [2.75, 3.05) is 11.4 Å². The number of carbonyl (C=O) groups is 1. The molecule has 1 saturated heterocycles. The van der Waals surface area contributed by atoms with Gasteiger partial charge in [-0.15, -0.1) is 0 Å². The number of carbonyl (C=O) groups excluding carboxylic acids is 1. The first-order chi connectivity index (χ1) is 12.2. The Morgan fingerprint density at radius 2 is 1.88 bits per heavy atom. The van der Waals surface area contributed by atoms with E-state index in [1.54, 1.807) is 11.0 Å². The van der Waals surface area contributed by atoms with Gasteiger partial charge in [-0.1, -0.05) is 48.0 Å². The zero-order valence-electron chi connectivity index (χ0n) is 13.4. The molecular weight excluding hydrogens is 334 g/mol. The molecule has 2 aromatic carbocycles. The third kappa shape index (κ3) is 2.54. The number of fused-ring (bicyclic) bond motifs is 1. The first-order valence-electron chi connectivity index (χ1n) is 8.09. The first kappa shape index (κ1) is 15.6. The fourth-order valence-corrected chi connectivity index (χ4v) is 3.59. The number of nitriles is 1. The zero-order chi connectivity index (χ0) is 17.4. The van der Waals surface area contributed by atoms with E-state index in [0.717, 1.165) is 17.5 Å². The first-order valence-corrected chi connectivity index (χ1v) is 8.46. The highest BCUT2D eigenvalue weighted by Gasteiger charge is 2.29. The number of amides is 1. The van der Waals surface area contributed by atoms with Crippen LogP contribution in [-0.2, 0) is 4.79 Å². The summed E-state index contributed by atoms with van der Waals surface area (Å²) in [6, 6.07) is 17.1. The minimum Gasteiger partial charge on any atom is -0.311 e. The molecule has 1 amide bonds. The van der Waals surface area contributed by atoms with Crippen LogP contribution in [-0.4, -0.2) is 17.4 Å². The SMILES string of the molecule is N#Cc1nc2ccccc2c(N2CCCC2=O)c1-c1ccccc1Cl. The second kappa shape index (κ2) is 6.19. The molecule has 122 valence electrons. The van der Waals surface area contributed by atoms with Crippen LogP contribution in [0.3, 0.4) is 0 Å². The number of rotatable bonds is 2. The number of halogens is 1. The molecule has 0 radical (unpaired) electrons. The van der Waals surface area contributed by atoms with E-state index >= 15 is 0 Å². The number of pyridine rings is 1. The Morgan fingerprint density at radius 3 is 2.60 bits per heavy atom. The van der Waals surface area contributed by atoms with Crippen LogP contribution in [0.5, 0.6) is 0 Å². The summed E-state index contributed by atoms with van der Waals surface area (Å²) in [4.78, 5) is 18.8.